The molecule has 0 unspecified atom stereocenters. The van der Waals surface area contributed by atoms with E-state index in [0.29, 0.717) is 22.6 Å². The topological polar surface area (TPSA) is 54.8 Å². The van der Waals surface area contributed by atoms with Crippen LogP contribution in [0.3, 0.4) is 0 Å². The van der Waals surface area contributed by atoms with Crippen molar-refractivity contribution in [1.82, 2.24) is 20.1 Å². The van der Waals surface area contributed by atoms with Crippen molar-refractivity contribution in [3.63, 3.8) is 0 Å². The van der Waals surface area contributed by atoms with Crippen LogP contribution in [0.4, 0.5) is 10.3 Å². The van der Waals surface area contributed by atoms with E-state index in [1.807, 2.05) is 0 Å². The smallest absolute Gasteiger partial charge is 0.248 e. The van der Waals surface area contributed by atoms with Crippen LogP contribution in [-0.4, -0.2) is 26.4 Å². The molecule has 0 aliphatic rings. The summed E-state index contributed by atoms with van der Waals surface area (Å²) >= 11 is 11.1. The van der Waals surface area contributed by atoms with Crippen LogP contribution in [-0.2, 0) is 6.54 Å². The Morgan fingerprint density at radius 1 is 1.48 bits per heavy atom. The minimum Gasteiger partial charge on any atom is -0.362 e. The van der Waals surface area contributed by atoms with E-state index in [2.05, 4.69) is 27.6 Å². The highest BCUT2D eigenvalue weighted by molar-refractivity contribution is 7.80. The van der Waals surface area contributed by atoms with Gasteiger partial charge in [0, 0.05) is 11.6 Å². The van der Waals surface area contributed by atoms with Crippen molar-refractivity contribution in [2.24, 2.45) is 0 Å². The predicted octanol–water partition coefficient (Wildman–Crippen LogP) is 2.82. The highest BCUT2D eigenvalue weighted by Gasteiger charge is 2.06. The molecule has 1 aromatic heterocycles. The first kappa shape index (κ1) is 15.7. The summed E-state index contributed by atoms with van der Waals surface area (Å²) in [6.07, 6.45) is 2.54. The molecule has 1 aromatic carbocycles. The predicted molar refractivity (Wildman–Crippen MR) is 85.0 cm³/mol. The van der Waals surface area contributed by atoms with Crippen molar-refractivity contribution in [3.8, 4) is 0 Å². The van der Waals surface area contributed by atoms with E-state index in [9.17, 15) is 4.39 Å². The highest BCUT2D eigenvalue weighted by Crippen LogP contribution is 2.18. The minimum absolute atomic E-state index is 0.361. The Bertz CT molecular complexity index is 631. The third kappa shape index (κ3) is 4.64. The molecule has 2 rings (SSSR count). The molecule has 2 N–H and O–H groups in total. The summed E-state index contributed by atoms with van der Waals surface area (Å²) in [7, 11) is 0. The summed E-state index contributed by atoms with van der Waals surface area (Å²) in [4.78, 5) is 4.10. The number of anilines is 1. The van der Waals surface area contributed by atoms with E-state index in [-0.39, 0.29) is 5.82 Å². The summed E-state index contributed by atoms with van der Waals surface area (Å²) in [6.45, 7) is 3.25. The zero-order valence-electron chi connectivity index (χ0n) is 11.4. The lowest BCUT2D eigenvalue weighted by Crippen LogP contribution is -2.29. The van der Waals surface area contributed by atoms with Gasteiger partial charge >= 0.3 is 0 Å². The molecule has 0 bridgehead atoms. The average molecular weight is 328 g/mol. The molecule has 0 aliphatic carbocycles. The van der Waals surface area contributed by atoms with E-state index in [1.54, 1.807) is 17.1 Å². The van der Waals surface area contributed by atoms with E-state index in [1.165, 1.54) is 12.1 Å². The summed E-state index contributed by atoms with van der Waals surface area (Å²) in [5, 5.41) is 11.0. The van der Waals surface area contributed by atoms with Crippen LogP contribution in [0.15, 0.2) is 24.5 Å². The molecule has 0 amide bonds. The van der Waals surface area contributed by atoms with Crippen LogP contribution >= 0.6 is 23.8 Å². The molecule has 0 radical (unpaired) electrons. The summed E-state index contributed by atoms with van der Waals surface area (Å²) in [5.41, 5.74) is 0.765. The van der Waals surface area contributed by atoms with Crippen molar-refractivity contribution < 1.29 is 4.39 Å². The van der Waals surface area contributed by atoms with Gasteiger partial charge in [0.2, 0.25) is 5.95 Å². The first-order valence-electron chi connectivity index (χ1n) is 6.46. The van der Waals surface area contributed by atoms with Gasteiger partial charge in [-0.05, 0) is 36.3 Å². The van der Waals surface area contributed by atoms with Crippen LogP contribution in [0.1, 0.15) is 18.9 Å². The molecule has 0 aliphatic heterocycles. The standard InChI is InChI=1S/C13H15ClFN5S/c1-2-5-16-13(21)18-12-17-8-20(19-12)7-9-3-4-10(15)6-11(9)14/h3-4,6,8H,2,5,7H2,1H3,(H2,16,18,19,21). The molecule has 0 saturated heterocycles. The Hall–Kier alpha value is -1.73. The maximum Gasteiger partial charge on any atom is 0.248 e. The van der Waals surface area contributed by atoms with Crippen molar-refractivity contribution in [2.45, 2.75) is 19.9 Å². The largest absolute Gasteiger partial charge is 0.362 e. The summed E-state index contributed by atoms with van der Waals surface area (Å²) in [5.74, 6) is 0.0406. The first-order chi connectivity index (χ1) is 10.1. The molecule has 8 heteroatoms. The SMILES string of the molecule is CCCNC(=S)Nc1ncn(Cc2ccc(F)cc2Cl)n1. The molecule has 0 atom stereocenters. The maximum absolute atomic E-state index is 13.0. The summed E-state index contributed by atoms with van der Waals surface area (Å²) in [6, 6.07) is 4.26. The van der Waals surface area contributed by atoms with Crippen molar-refractivity contribution >= 4 is 34.9 Å². The monoisotopic (exact) mass is 327 g/mol. The number of hydrogen-bond donors (Lipinski definition) is 2. The highest BCUT2D eigenvalue weighted by atomic mass is 35.5. The van der Waals surface area contributed by atoms with E-state index in [4.69, 9.17) is 23.8 Å². The second kappa shape index (κ2) is 7.33. The second-order valence-corrected chi connectivity index (χ2v) is 5.20. The number of hydrogen-bond acceptors (Lipinski definition) is 3. The van der Waals surface area contributed by atoms with Gasteiger partial charge in [0.25, 0.3) is 0 Å². The Labute approximate surface area is 132 Å². The lowest BCUT2D eigenvalue weighted by atomic mass is 10.2. The van der Waals surface area contributed by atoms with E-state index < -0.39 is 0 Å². The van der Waals surface area contributed by atoms with Crippen molar-refractivity contribution in [3.05, 3.63) is 40.9 Å². The van der Waals surface area contributed by atoms with Gasteiger partial charge in [-0.2, -0.15) is 0 Å². The molecule has 5 nitrogen and oxygen atoms in total. The zero-order chi connectivity index (χ0) is 15.2. The number of thiocarbonyl (C=S) groups is 1. The van der Waals surface area contributed by atoms with Crippen molar-refractivity contribution in [1.29, 1.82) is 0 Å². The Morgan fingerprint density at radius 3 is 3.00 bits per heavy atom. The van der Waals surface area contributed by atoms with Crippen LogP contribution in [0.25, 0.3) is 0 Å². The Balaban J connectivity index is 1.98. The molecular weight excluding hydrogens is 313 g/mol. The fourth-order valence-corrected chi connectivity index (χ4v) is 2.06. The average Bonchev–Trinajstić information content (AvgIpc) is 2.87. The third-order valence-corrected chi connectivity index (χ3v) is 3.24. The molecule has 0 saturated carbocycles. The third-order valence-electron chi connectivity index (χ3n) is 2.64. The van der Waals surface area contributed by atoms with E-state index >= 15 is 0 Å². The van der Waals surface area contributed by atoms with Crippen molar-refractivity contribution in [2.75, 3.05) is 11.9 Å². The molecule has 0 spiro atoms. The Kier molecular flexibility index (Phi) is 5.46. The molecule has 21 heavy (non-hydrogen) atoms. The molecule has 0 fully saturated rings. The maximum atomic E-state index is 13.0. The zero-order valence-corrected chi connectivity index (χ0v) is 13.0. The van der Waals surface area contributed by atoms with Crippen LogP contribution in [0.5, 0.6) is 0 Å². The number of rotatable bonds is 5. The van der Waals surface area contributed by atoms with Gasteiger partial charge in [-0.3, -0.25) is 5.32 Å². The summed E-state index contributed by atoms with van der Waals surface area (Å²) < 4.78 is 14.6. The van der Waals surface area contributed by atoms with Gasteiger partial charge < -0.3 is 5.32 Å². The molecule has 1 heterocycles. The van der Waals surface area contributed by atoms with Gasteiger partial charge in [0.1, 0.15) is 12.1 Å². The lowest BCUT2D eigenvalue weighted by Gasteiger charge is -2.06. The lowest BCUT2D eigenvalue weighted by molar-refractivity contribution is 0.624. The molecule has 2 aromatic rings. The van der Waals surface area contributed by atoms with Crippen LogP contribution in [0.2, 0.25) is 5.02 Å². The van der Waals surface area contributed by atoms with Gasteiger partial charge in [-0.25, -0.2) is 14.1 Å². The normalized spacial score (nSPS) is 10.4. The van der Waals surface area contributed by atoms with Gasteiger partial charge in [0.15, 0.2) is 5.11 Å². The number of halogens is 2. The minimum atomic E-state index is -0.364. The fourth-order valence-electron chi connectivity index (χ4n) is 1.64. The molecular formula is C13H15ClFN5S. The quantitative estimate of drug-likeness (QED) is 0.827. The fraction of sp³-hybridized carbons (Fsp3) is 0.308. The second-order valence-electron chi connectivity index (χ2n) is 4.38. The number of nitrogens with one attached hydrogen (secondary N) is 2. The van der Waals surface area contributed by atoms with Gasteiger partial charge in [-0.1, -0.05) is 24.6 Å². The first-order valence-corrected chi connectivity index (χ1v) is 7.25. The van der Waals surface area contributed by atoms with Gasteiger partial charge in [0.05, 0.1) is 6.54 Å². The van der Waals surface area contributed by atoms with Crippen LogP contribution < -0.4 is 10.6 Å². The molecule has 112 valence electrons. The number of aromatic nitrogens is 3. The van der Waals surface area contributed by atoms with E-state index in [0.717, 1.165) is 18.5 Å². The Morgan fingerprint density at radius 2 is 2.29 bits per heavy atom. The van der Waals surface area contributed by atoms with Crippen LogP contribution in [0, 0.1) is 5.82 Å². The number of benzene rings is 1. The van der Waals surface area contributed by atoms with Gasteiger partial charge in [-0.15, -0.1) is 5.10 Å². The number of nitrogens with zero attached hydrogens (tertiary/aromatic N) is 3.